The molecule has 7 nitrogen and oxygen atoms in total. The molecule has 0 spiro atoms. The fourth-order valence-corrected chi connectivity index (χ4v) is 2.61. The summed E-state index contributed by atoms with van der Waals surface area (Å²) < 4.78 is 6.74. The molecule has 0 aliphatic rings. The van der Waals surface area contributed by atoms with Crippen LogP contribution in [0.4, 0.5) is 4.79 Å². The van der Waals surface area contributed by atoms with Gasteiger partial charge in [0.05, 0.1) is 0 Å². The summed E-state index contributed by atoms with van der Waals surface area (Å²) in [6.07, 6.45) is 1.21. The minimum atomic E-state index is -1.12. The number of aryl methyl sites for hydroxylation is 1. The number of fused-ring (bicyclic) bond motifs is 1. The van der Waals surface area contributed by atoms with Gasteiger partial charge in [-0.3, -0.25) is 0 Å². The van der Waals surface area contributed by atoms with Gasteiger partial charge in [0.1, 0.15) is 18.2 Å². The summed E-state index contributed by atoms with van der Waals surface area (Å²) in [6, 6.07) is 17.7. The fourth-order valence-electron chi connectivity index (χ4n) is 2.61. The van der Waals surface area contributed by atoms with Crippen LogP contribution in [0.5, 0.6) is 0 Å². The molecule has 3 rings (SSSR count). The third-order valence-corrected chi connectivity index (χ3v) is 4.05. The van der Waals surface area contributed by atoms with Crippen molar-refractivity contribution in [2.45, 2.75) is 25.6 Å². The number of carbonyl (C=O) groups is 2. The van der Waals surface area contributed by atoms with E-state index >= 15 is 0 Å². The largest absolute Gasteiger partial charge is 0.480 e. The number of hydrogen-bond acceptors (Lipinski definition) is 4. The monoisotopic (exact) mass is 366 g/mol. The Morgan fingerprint density at radius 2 is 1.81 bits per heavy atom. The van der Waals surface area contributed by atoms with Crippen molar-refractivity contribution in [2.24, 2.45) is 0 Å². The van der Waals surface area contributed by atoms with Gasteiger partial charge >= 0.3 is 12.1 Å². The summed E-state index contributed by atoms with van der Waals surface area (Å²) >= 11 is 0. The van der Waals surface area contributed by atoms with E-state index in [1.54, 1.807) is 10.9 Å². The summed E-state index contributed by atoms with van der Waals surface area (Å²) in [6.45, 7) is 0.431. The molecule has 138 valence electrons. The van der Waals surface area contributed by atoms with Crippen LogP contribution in [0.25, 0.3) is 10.9 Å². The SMILES string of the molecule is O=C(N[C@H](CC[n+]1ccc2ccccc2n1)C(=O)O)OCc1ccccc1. The van der Waals surface area contributed by atoms with Gasteiger partial charge in [-0.2, -0.15) is 0 Å². The van der Waals surface area contributed by atoms with Gasteiger partial charge in [0.25, 0.3) is 0 Å². The molecule has 0 radical (unpaired) electrons. The van der Waals surface area contributed by atoms with Crippen LogP contribution in [0, 0.1) is 0 Å². The molecule has 0 aliphatic heterocycles. The number of aromatic nitrogens is 2. The topological polar surface area (TPSA) is 92.4 Å². The van der Waals surface area contributed by atoms with Gasteiger partial charge in [0.2, 0.25) is 0 Å². The van der Waals surface area contributed by atoms with E-state index in [-0.39, 0.29) is 13.0 Å². The van der Waals surface area contributed by atoms with E-state index in [1.165, 1.54) is 0 Å². The molecule has 2 N–H and O–H groups in total. The molecule has 0 saturated carbocycles. The highest BCUT2D eigenvalue weighted by atomic mass is 16.5. The second-order valence-corrected chi connectivity index (χ2v) is 6.02. The lowest BCUT2D eigenvalue weighted by atomic mass is 10.2. The Morgan fingerprint density at radius 3 is 2.59 bits per heavy atom. The first-order chi connectivity index (χ1) is 13.1. The number of hydrogen-bond donors (Lipinski definition) is 2. The molecule has 0 fully saturated rings. The Labute approximate surface area is 156 Å². The minimum Gasteiger partial charge on any atom is -0.480 e. The number of carbonyl (C=O) groups excluding carboxylic acids is 1. The third kappa shape index (κ3) is 5.24. The number of amides is 1. The Kier molecular flexibility index (Phi) is 5.94. The number of benzene rings is 2. The number of ether oxygens (including phenoxy) is 1. The number of nitrogens with one attached hydrogen (secondary N) is 1. The number of carboxylic acids is 1. The molecule has 7 heteroatoms. The van der Waals surface area contributed by atoms with E-state index in [1.807, 2.05) is 60.7 Å². The average molecular weight is 366 g/mol. The highest BCUT2D eigenvalue weighted by molar-refractivity contribution is 5.79. The second kappa shape index (κ2) is 8.75. The van der Waals surface area contributed by atoms with Gasteiger partial charge < -0.3 is 15.2 Å². The number of carboxylic acid groups (broad SMARTS) is 1. The van der Waals surface area contributed by atoms with Crippen LogP contribution >= 0.6 is 0 Å². The molecule has 0 bridgehead atoms. The highest BCUT2D eigenvalue weighted by Crippen LogP contribution is 2.07. The predicted molar refractivity (Wildman–Crippen MR) is 97.7 cm³/mol. The van der Waals surface area contributed by atoms with Crippen LogP contribution in [-0.4, -0.2) is 28.3 Å². The van der Waals surface area contributed by atoms with Gasteiger partial charge in [-0.1, -0.05) is 53.2 Å². The summed E-state index contributed by atoms with van der Waals surface area (Å²) in [5.41, 5.74) is 1.65. The molecule has 1 heterocycles. The summed E-state index contributed by atoms with van der Waals surface area (Å²) in [4.78, 5) is 23.3. The van der Waals surface area contributed by atoms with Gasteiger partial charge in [-0.15, -0.1) is 0 Å². The number of alkyl carbamates (subject to hydrolysis) is 1. The molecule has 27 heavy (non-hydrogen) atoms. The van der Waals surface area contributed by atoms with E-state index in [9.17, 15) is 14.7 Å². The normalized spacial score (nSPS) is 11.7. The molecule has 1 amide bonds. The minimum absolute atomic E-state index is 0.0833. The van der Waals surface area contributed by atoms with Crippen LogP contribution < -0.4 is 10.00 Å². The Bertz CT molecular complexity index is 931. The molecule has 0 unspecified atom stereocenters. The van der Waals surface area contributed by atoms with E-state index in [0.717, 1.165) is 16.5 Å². The van der Waals surface area contributed by atoms with Crippen molar-refractivity contribution in [3.63, 3.8) is 0 Å². The van der Waals surface area contributed by atoms with Gasteiger partial charge in [-0.25, -0.2) is 9.59 Å². The van der Waals surface area contributed by atoms with E-state index in [0.29, 0.717) is 6.54 Å². The van der Waals surface area contributed by atoms with Crippen molar-refractivity contribution < 1.29 is 24.1 Å². The lowest BCUT2D eigenvalue weighted by molar-refractivity contribution is -0.752. The summed E-state index contributed by atoms with van der Waals surface area (Å²) in [7, 11) is 0. The number of aliphatic carboxylic acids is 1. The second-order valence-electron chi connectivity index (χ2n) is 6.02. The smallest absolute Gasteiger partial charge is 0.408 e. The van der Waals surface area contributed by atoms with Crippen LogP contribution in [0.3, 0.4) is 0 Å². The Morgan fingerprint density at radius 1 is 1.07 bits per heavy atom. The van der Waals surface area contributed by atoms with E-state index < -0.39 is 18.1 Å². The molecule has 3 aromatic rings. The third-order valence-electron chi connectivity index (χ3n) is 4.05. The highest BCUT2D eigenvalue weighted by Gasteiger charge is 2.23. The summed E-state index contributed by atoms with van der Waals surface area (Å²) in [5, 5.41) is 17.2. The van der Waals surface area contributed by atoms with Crippen molar-refractivity contribution >= 4 is 23.0 Å². The predicted octanol–water partition coefficient (Wildman–Crippen LogP) is 2.29. The molecule has 1 aromatic heterocycles. The maximum Gasteiger partial charge on any atom is 0.408 e. The molecule has 1 atom stereocenters. The van der Waals surface area contributed by atoms with Gasteiger partial charge in [-0.05, 0) is 11.6 Å². The fraction of sp³-hybridized carbons (Fsp3) is 0.200. The Balaban J connectivity index is 1.55. The van der Waals surface area contributed by atoms with Crippen LogP contribution in [0.2, 0.25) is 0 Å². The molecule has 0 saturated heterocycles. The van der Waals surface area contributed by atoms with Crippen LogP contribution in [0.1, 0.15) is 12.0 Å². The standard InChI is InChI=1S/C20H19N3O4/c24-19(25)18(21-20(26)27-14-15-6-2-1-3-7-15)11-13-23-12-10-16-8-4-5-9-17(16)22-23/h1-10,12,18H,11,13-14H2,(H-,21,24,25,26)/p+1/t18-/m1/s1. The van der Waals surface area contributed by atoms with Crippen molar-refractivity contribution in [3.05, 3.63) is 72.4 Å². The van der Waals surface area contributed by atoms with E-state index in [4.69, 9.17) is 4.74 Å². The van der Waals surface area contributed by atoms with Crippen molar-refractivity contribution in [3.8, 4) is 0 Å². The number of nitrogens with zero attached hydrogens (tertiary/aromatic N) is 2. The quantitative estimate of drug-likeness (QED) is 0.626. The maximum atomic E-state index is 11.9. The molecule has 0 aliphatic carbocycles. The zero-order valence-electron chi connectivity index (χ0n) is 14.6. The average Bonchev–Trinajstić information content (AvgIpc) is 2.70. The van der Waals surface area contributed by atoms with E-state index in [2.05, 4.69) is 10.4 Å². The van der Waals surface area contributed by atoms with Gasteiger partial charge in [0, 0.05) is 23.0 Å². The molecular formula is C20H20N3O4+. The first kappa shape index (κ1) is 18.3. The van der Waals surface area contributed by atoms with Crippen molar-refractivity contribution in [1.29, 1.82) is 0 Å². The first-order valence-electron chi connectivity index (χ1n) is 8.57. The molecular weight excluding hydrogens is 346 g/mol. The molecule has 2 aromatic carbocycles. The van der Waals surface area contributed by atoms with Gasteiger partial charge in [0.15, 0.2) is 12.7 Å². The first-order valence-corrected chi connectivity index (χ1v) is 8.57. The zero-order chi connectivity index (χ0) is 19.1. The lowest BCUT2D eigenvalue weighted by Crippen LogP contribution is -2.46. The van der Waals surface area contributed by atoms with Crippen molar-refractivity contribution in [1.82, 2.24) is 10.4 Å². The van der Waals surface area contributed by atoms with Crippen molar-refractivity contribution in [2.75, 3.05) is 0 Å². The van der Waals surface area contributed by atoms with Crippen LogP contribution in [-0.2, 0) is 22.7 Å². The summed E-state index contributed by atoms with van der Waals surface area (Å²) in [5.74, 6) is -1.12. The number of rotatable bonds is 7. The lowest BCUT2D eigenvalue weighted by Gasteiger charge is -2.13. The maximum absolute atomic E-state index is 11.9. The van der Waals surface area contributed by atoms with Crippen LogP contribution in [0.15, 0.2) is 66.9 Å². The zero-order valence-corrected chi connectivity index (χ0v) is 14.6. The Hall–Kier alpha value is -3.48.